The summed E-state index contributed by atoms with van der Waals surface area (Å²) in [5.74, 6) is -2.30. The van der Waals surface area contributed by atoms with Gasteiger partial charge in [0.1, 0.15) is 11.6 Å². The van der Waals surface area contributed by atoms with Crippen molar-refractivity contribution < 1.29 is 13.6 Å². The maximum absolute atomic E-state index is 13.7. The zero-order chi connectivity index (χ0) is 14.9. The first-order chi connectivity index (χ1) is 9.34. The number of hydrogen-bond acceptors (Lipinski definition) is 2. The van der Waals surface area contributed by atoms with Gasteiger partial charge in [-0.15, -0.1) is 0 Å². The largest absolute Gasteiger partial charge is 0.399 e. The SMILES string of the molecule is CC(C)(C(=O)c1c(F)cccc1F)c1ccc(N)cc1. The van der Waals surface area contributed by atoms with Crippen LogP contribution in [0.5, 0.6) is 0 Å². The second kappa shape index (κ2) is 5.04. The fourth-order valence-corrected chi connectivity index (χ4v) is 2.06. The molecule has 0 fully saturated rings. The number of hydrogen-bond donors (Lipinski definition) is 1. The number of carbonyl (C=O) groups excluding carboxylic acids is 1. The minimum atomic E-state index is -1.04. The summed E-state index contributed by atoms with van der Waals surface area (Å²) in [7, 11) is 0. The van der Waals surface area contributed by atoms with E-state index in [1.165, 1.54) is 6.07 Å². The minimum absolute atomic E-state index is 0.505. The summed E-state index contributed by atoms with van der Waals surface area (Å²) < 4.78 is 27.5. The molecule has 0 aromatic heterocycles. The number of halogens is 2. The van der Waals surface area contributed by atoms with E-state index >= 15 is 0 Å². The van der Waals surface area contributed by atoms with Crippen molar-refractivity contribution in [2.45, 2.75) is 19.3 Å². The lowest BCUT2D eigenvalue weighted by molar-refractivity contribution is 0.0900. The molecule has 20 heavy (non-hydrogen) atoms. The molecule has 0 atom stereocenters. The van der Waals surface area contributed by atoms with Gasteiger partial charge >= 0.3 is 0 Å². The Morgan fingerprint density at radius 3 is 2.00 bits per heavy atom. The van der Waals surface area contributed by atoms with Crippen LogP contribution >= 0.6 is 0 Å². The molecule has 2 nitrogen and oxygen atoms in total. The molecule has 0 bridgehead atoms. The molecule has 0 saturated carbocycles. The molecule has 0 radical (unpaired) electrons. The van der Waals surface area contributed by atoms with E-state index in [2.05, 4.69) is 0 Å². The minimum Gasteiger partial charge on any atom is -0.399 e. The third kappa shape index (κ3) is 2.41. The average molecular weight is 275 g/mol. The maximum Gasteiger partial charge on any atom is 0.178 e. The van der Waals surface area contributed by atoms with Gasteiger partial charge in [-0.3, -0.25) is 4.79 Å². The van der Waals surface area contributed by atoms with Crippen LogP contribution in [0.2, 0.25) is 0 Å². The van der Waals surface area contributed by atoms with Gasteiger partial charge < -0.3 is 5.73 Å². The molecule has 2 rings (SSSR count). The van der Waals surface area contributed by atoms with Crippen LogP contribution in [0.4, 0.5) is 14.5 Å². The molecule has 0 aliphatic heterocycles. The van der Waals surface area contributed by atoms with E-state index < -0.39 is 28.4 Å². The summed E-state index contributed by atoms with van der Waals surface area (Å²) in [4.78, 5) is 12.5. The molecule has 0 heterocycles. The molecule has 0 amide bonds. The lowest BCUT2D eigenvalue weighted by Gasteiger charge is -2.24. The smallest absolute Gasteiger partial charge is 0.178 e. The van der Waals surface area contributed by atoms with E-state index in [-0.39, 0.29) is 0 Å². The second-order valence-electron chi connectivity index (χ2n) is 5.17. The fraction of sp³-hybridized carbons (Fsp3) is 0.188. The van der Waals surface area contributed by atoms with Crippen molar-refractivity contribution >= 4 is 11.5 Å². The molecular weight excluding hydrogens is 260 g/mol. The Morgan fingerprint density at radius 1 is 1.00 bits per heavy atom. The summed E-state index contributed by atoms with van der Waals surface area (Å²) in [6, 6.07) is 10.1. The first kappa shape index (κ1) is 14.2. The van der Waals surface area contributed by atoms with Crippen LogP contribution in [0, 0.1) is 11.6 Å². The van der Waals surface area contributed by atoms with Gasteiger partial charge in [0.2, 0.25) is 0 Å². The Bertz CT molecular complexity index is 628. The van der Waals surface area contributed by atoms with Crippen molar-refractivity contribution in [1.82, 2.24) is 0 Å². The van der Waals surface area contributed by atoms with Crippen LogP contribution in [0.1, 0.15) is 29.8 Å². The van der Waals surface area contributed by atoms with Gasteiger partial charge in [-0.1, -0.05) is 18.2 Å². The highest BCUT2D eigenvalue weighted by molar-refractivity contribution is 6.04. The summed E-state index contributed by atoms with van der Waals surface area (Å²) in [6.45, 7) is 3.26. The van der Waals surface area contributed by atoms with Gasteiger partial charge in [0, 0.05) is 5.69 Å². The van der Waals surface area contributed by atoms with E-state index in [1.54, 1.807) is 38.1 Å². The van der Waals surface area contributed by atoms with Crippen molar-refractivity contribution in [3.63, 3.8) is 0 Å². The van der Waals surface area contributed by atoms with Gasteiger partial charge in [0.25, 0.3) is 0 Å². The van der Waals surface area contributed by atoms with Crippen molar-refractivity contribution in [3.05, 3.63) is 65.2 Å². The number of ketones is 1. The molecular formula is C16H15F2NO. The highest BCUT2D eigenvalue weighted by Gasteiger charge is 2.34. The van der Waals surface area contributed by atoms with E-state index in [0.29, 0.717) is 11.3 Å². The predicted octanol–water partition coefficient (Wildman–Crippen LogP) is 3.71. The summed E-state index contributed by atoms with van der Waals surface area (Å²) in [6.07, 6.45) is 0. The standard InChI is InChI=1S/C16H15F2NO/c1-16(2,10-6-8-11(19)9-7-10)15(20)14-12(17)4-3-5-13(14)18/h3-9H,19H2,1-2H3. The van der Waals surface area contributed by atoms with E-state index in [9.17, 15) is 13.6 Å². The molecule has 0 aliphatic rings. The highest BCUT2D eigenvalue weighted by atomic mass is 19.1. The Balaban J connectivity index is 2.48. The van der Waals surface area contributed by atoms with Crippen LogP contribution in [-0.2, 0) is 5.41 Å². The number of rotatable bonds is 3. The molecule has 0 unspecified atom stereocenters. The quantitative estimate of drug-likeness (QED) is 0.685. The normalized spacial score (nSPS) is 11.4. The first-order valence-electron chi connectivity index (χ1n) is 6.19. The zero-order valence-corrected chi connectivity index (χ0v) is 11.3. The monoisotopic (exact) mass is 275 g/mol. The third-order valence-electron chi connectivity index (χ3n) is 3.39. The molecule has 2 aromatic rings. The van der Waals surface area contributed by atoms with Crippen LogP contribution in [0.3, 0.4) is 0 Å². The average Bonchev–Trinajstić information content (AvgIpc) is 2.38. The second-order valence-corrected chi connectivity index (χ2v) is 5.17. The summed E-state index contributed by atoms with van der Waals surface area (Å²) in [5.41, 5.74) is 5.27. The molecule has 4 heteroatoms. The van der Waals surface area contributed by atoms with E-state index in [0.717, 1.165) is 12.1 Å². The Labute approximate surface area is 116 Å². The summed E-state index contributed by atoms with van der Waals surface area (Å²) in [5, 5.41) is 0. The number of nitrogens with two attached hydrogens (primary N) is 1. The third-order valence-corrected chi connectivity index (χ3v) is 3.39. The maximum atomic E-state index is 13.7. The van der Waals surface area contributed by atoms with Crippen molar-refractivity contribution in [2.24, 2.45) is 0 Å². The molecule has 104 valence electrons. The first-order valence-corrected chi connectivity index (χ1v) is 6.19. The fourth-order valence-electron chi connectivity index (χ4n) is 2.06. The molecule has 0 aliphatic carbocycles. The van der Waals surface area contributed by atoms with Gasteiger partial charge in [-0.25, -0.2) is 8.78 Å². The Hall–Kier alpha value is -2.23. The lowest BCUT2D eigenvalue weighted by atomic mass is 9.77. The van der Waals surface area contributed by atoms with Crippen LogP contribution in [0.15, 0.2) is 42.5 Å². The van der Waals surface area contributed by atoms with E-state index in [4.69, 9.17) is 5.73 Å². The van der Waals surface area contributed by atoms with Gasteiger partial charge in [-0.2, -0.15) is 0 Å². The highest BCUT2D eigenvalue weighted by Crippen LogP contribution is 2.30. The van der Waals surface area contributed by atoms with Crippen LogP contribution in [-0.4, -0.2) is 5.78 Å². The van der Waals surface area contributed by atoms with Gasteiger partial charge in [0.05, 0.1) is 11.0 Å². The van der Waals surface area contributed by atoms with Crippen LogP contribution < -0.4 is 5.73 Å². The number of carbonyl (C=O) groups is 1. The zero-order valence-electron chi connectivity index (χ0n) is 11.3. The Kier molecular flexibility index (Phi) is 3.57. The van der Waals surface area contributed by atoms with Crippen molar-refractivity contribution in [2.75, 3.05) is 5.73 Å². The number of Topliss-reactive ketones (excluding diaryl/α,β-unsaturated/α-hetero) is 1. The van der Waals surface area contributed by atoms with Crippen molar-refractivity contribution in [1.29, 1.82) is 0 Å². The Morgan fingerprint density at radius 2 is 1.50 bits per heavy atom. The van der Waals surface area contributed by atoms with Crippen molar-refractivity contribution in [3.8, 4) is 0 Å². The topological polar surface area (TPSA) is 43.1 Å². The molecule has 2 aromatic carbocycles. The molecule has 2 N–H and O–H groups in total. The van der Waals surface area contributed by atoms with Gasteiger partial charge in [0.15, 0.2) is 5.78 Å². The van der Waals surface area contributed by atoms with Gasteiger partial charge in [-0.05, 0) is 43.7 Å². The predicted molar refractivity (Wildman–Crippen MR) is 74.6 cm³/mol. The molecule has 0 spiro atoms. The van der Waals surface area contributed by atoms with Crippen LogP contribution in [0.25, 0.3) is 0 Å². The number of benzene rings is 2. The summed E-state index contributed by atoms with van der Waals surface area (Å²) >= 11 is 0. The molecule has 0 saturated heterocycles. The number of nitrogen functional groups attached to an aromatic ring is 1. The lowest BCUT2D eigenvalue weighted by Crippen LogP contribution is -2.30. The number of anilines is 1. The van der Waals surface area contributed by atoms with E-state index in [1.807, 2.05) is 0 Å².